The molecule has 8 bridgehead atoms. The number of halogens is 8. The molecule has 5 heterocycles. The summed E-state index contributed by atoms with van der Waals surface area (Å²) in [7, 11) is 6.63. The normalized spacial score (nSPS) is 11.9. The van der Waals surface area contributed by atoms with E-state index in [1.165, 1.54) is 0 Å². The summed E-state index contributed by atoms with van der Waals surface area (Å²) in [6.07, 6.45) is 8.19. The highest BCUT2D eigenvalue weighted by Gasteiger charge is 2.24. The van der Waals surface area contributed by atoms with E-state index in [1.807, 2.05) is 72.8 Å². The Hall–Kier alpha value is -3.48. The van der Waals surface area contributed by atoms with Crippen molar-refractivity contribution in [3.63, 3.8) is 0 Å². The molecule has 7 aromatic rings. The molecule has 0 amide bonds. The van der Waals surface area contributed by atoms with Crippen molar-refractivity contribution in [1.29, 1.82) is 0 Å². The maximum atomic E-state index is 5.85. The average molecular weight is 1370 g/mol. The first-order valence-electron chi connectivity index (χ1n) is 19.1. The number of benzene rings is 4. The number of rotatable bonds is 8. The van der Waals surface area contributed by atoms with Crippen molar-refractivity contribution in [3.8, 4) is 67.5 Å². The lowest BCUT2D eigenvalue weighted by atomic mass is 10.0. The summed E-state index contributed by atoms with van der Waals surface area (Å²) in [5.74, 6) is 2.67. The Morgan fingerprint density at radius 3 is 0.750 bits per heavy atom. The van der Waals surface area contributed by atoms with Gasteiger partial charge >= 0.3 is 0 Å². The van der Waals surface area contributed by atoms with Crippen LogP contribution in [-0.4, -0.2) is 48.4 Å². The van der Waals surface area contributed by atoms with Crippen molar-refractivity contribution < 1.29 is 18.9 Å². The van der Waals surface area contributed by atoms with Crippen LogP contribution in [0.2, 0.25) is 0 Å². The SMILES string of the molecule is COc1cc(-c2c3nc(c(-c4cc(OC)c(Br)cc4Br)c4ccc([nH]4)c(-c4cc(OC)c(Br)cc4Br)c4nc(c(-c5cc(OC)c(Br)cc5Br)c5ccc2[nH]5)C=C4)C=C3)c(Br)cc1Br. The maximum absolute atomic E-state index is 5.85. The van der Waals surface area contributed by atoms with Gasteiger partial charge in [-0.3, -0.25) is 0 Å². The third-order valence-electron chi connectivity index (χ3n) is 10.8. The number of aromatic nitrogens is 4. The Morgan fingerprint density at radius 2 is 0.547 bits per heavy atom. The minimum atomic E-state index is 0.669. The molecule has 0 aliphatic carbocycles. The number of methoxy groups -OCH3 is 4. The van der Waals surface area contributed by atoms with E-state index in [9.17, 15) is 0 Å². The van der Waals surface area contributed by atoms with Gasteiger partial charge < -0.3 is 28.9 Å². The number of aromatic amines is 2. The molecule has 0 saturated heterocycles. The topological polar surface area (TPSA) is 94.3 Å². The molecule has 64 heavy (non-hydrogen) atoms. The summed E-state index contributed by atoms with van der Waals surface area (Å²) in [6.45, 7) is 0. The van der Waals surface area contributed by atoms with Crippen molar-refractivity contribution >= 4 is 174 Å². The molecule has 0 saturated carbocycles. The lowest BCUT2D eigenvalue weighted by Crippen LogP contribution is -1.93. The Labute approximate surface area is 435 Å². The first-order valence-corrected chi connectivity index (χ1v) is 25.5. The van der Waals surface area contributed by atoms with E-state index < -0.39 is 0 Å². The number of fused-ring (bicyclic) bond motifs is 8. The maximum Gasteiger partial charge on any atom is 0.133 e. The molecule has 2 N–H and O–H groups in total. The predicted molar refractivity (Wildman–Crippen MR) is 288 cm³/mol. The number of H-pyrrole nitrogens is 2. The number of ether oxygens (including phenoxy) is 4. The highest BCUT2D eigenvalue weighted by Crippen LogP contribution is 2.47. The zero-order chi connectivity index (χ0) is 45.1. The van der Waals surface area contributed by atoms with Gasteiger partial charge in [-0.05, 0) is 161 Å². The van der Waals surface area contributed by atoms with E-state index >= 15 is 0 Å². The van der Waals surface area contributed by atoms with E-state index in [-0.39, 0.29) is 0 Å². The fraction of sp³-hybridized carbons (Fsp3) is 0.0833. The van der Waals surface area contributed by atoms with E-state index in [0.29, 0.717) is 23.0 Å². The van der Waals surface area contributed by atoms with Gasteiger partial charge in [0.1, 0.15) is 23.0 Å². The fourth-order valence-electron chi connectivity index (χ4n) is 7.85. The number of nitrogens with one attached hydrogen (secondary N) is 2. The highest BCUT2D eigenvalue weighted by molar-refractivity contribution is 9.12. The molecule has 8 nitrogen and oxygen atoms in total. The summed E-state index contributed by atoms with van der Waals surface area (Å²) >= 11 is 30.3. The van der Waals surface area contributed by atoms with Crippen LogP contribution in [0.25, 0.3) is 90.9 Å². The van der Waals surface area contributed by atoms with E-state index in [1.54, 1.807) is 28.4 Å². The van der Waals surface area contributed by atoms with Gasteiger partial charge in [-0.2, -0.15) is 0 Å². The zero-order valence-electron chi connectivity index (χ0n) is 33.8. The molecule has 0 unspecified atom stereocenters. The quantitative estimate of drug-likeness (QED) is 0.157. The monoisotopic (exact) mass is 1360 g/mol. The summed E-state index contributed by atoms with van der Waals surface area (Å²) < 4.78 is 30.0. The van der Waals surface area contributed by atoms with Crippen LogP contribution in [0, 0.1) is 0 Å². The lowest BCUT2D eigenvalue weighted by molar-refractivity contribution is 0.412. The Morgan fingerprint density at radius 1 is 0.328 bits per heavy atom. The Balaban J connectivity index is 1.52. The molecule has 16 heteroatoms. The van der Waals surface area contributed by atoms with Gasteiger partial charge in [0.15, 0.2) is 0 Å². The zero-order valence-corrected chi connectivity index (χ0v) is 46.5. The van der Waals surface area contributed by atoms with Crippen LogP contribution in [0.1, 0.15) is 22.8 Å². The van der Waals surface area contributed by atoms with Crippen LogP contribution in [0.5, 0.6) is 23.0 Å². The van der Waals surface area contributed by atoms with Crippen LogP contribution >= 0.6 is 127 Å². The average Bonchev–Trinajstić information content (AvgIpc) is 4.11. The number of nitrogens with zero attached hydrogens (tertiary/aromatic N) is 2. The summed E-state index contributed by atoms with van der Waals surface area (Å²) in [6, 6.07) is 24.3. The van der Waals surface area contributed by atoms with Crippen LogP contribution < -0.4 is 18.9 Å². The van der Waals surface area contributed by atoms with Crippen molar-refractivity contribution in [3.05, 3.63) is 131 Å². The molecule has 9 rings (SSSR count). The van der Waals surface area contributed by atoms with Crippen molar-refractivity contribution in [2.75, 3.05) is 28.4 Å². The smallest absolute Gasteiger partial charge is 0.133 e. The second-order valence-electron chi connectivity index (χ2n) is 14.4. The minimum absolute atomic E-state index is 0.669. The largest absolute Gasteiger partial charge is 0.496 e. The molecule has 3 aromatic heterocycles. The van der Waals surface area contributed by atoms with Gasteiger partial charge in [-0.15, -0.1) is 0 Å². The van der Waals surface area contributed by atoms with Crippen LogP contribution in [0.3, 0.4) is 0 Å². The van der Waals surface area contributed by atoms with Crippen molar-refractivity contribution in [1.82, 2.24) is 19.9 Å². The fourth-order valence-corrected chi connectivity index (χ4v) is 13.3. The second kappa shape index (κ2) is 18.7. The predicted octanol–water partition coefficient (Wildman–Crippen LogP) is 17.5. The van der Waals surface area contributed by atoms with Crippen molar-refractivity contribution in [2.45, 2.75) is 0 Å². The minimum Gasteiger partial charge on any atom is -0.496 e. The van der Waals surface area contributed by atoms with Gasteiger partial charge in [-0.1, -0.05) is 63.7 Å². The molecule has 4 aromatic carbocycles. The van der Waals surface area contributed by atoms with E-state index in [0.717, 1.165) is 125 Å². The van der Waals surface area contributed by atoms with Gasteiger partial charge in [0.2, 0.25) is 0 Å². The highest BCUT2D eigenvalue weighted by atomic mass is 79.9. The number of hydrogen-bond acceptors (Lipinski definition) is 6. The van der Waals surface area contributed by atoms with Gasteiger partial charge in [0.05, 0.1) is 69.1 Å². The molecule has 322 valence electrons. The molecule has 0 atom stereocenters. The first-order chi connectivity index (χ1) is 30.8. The van der Waals surface area contributed by atoms with Crippen LogP contribution in [0.4, 0.5) is 0 Å². The summed E-state index contributed by atoms with van der Waals surface area (Å²) in [5.41, 5.74) is 13.0. The standard InChI is InChI=1S/C48H30Br8N4O4/c1-61-41-13-21(25(49)17-29(41)53)45-33-5-7-35(57-33)46(22-14-42(62-2)30(54)18-26(22)50)37-9-11-39(59-37)48(24-16-44(64-4)32(56)20-28(24)52)40-12-10-38(60-40)47(36-8-6-34(45)58-36)23-15-43(63-3)31(55)19-27(23)51/h5-20,57,60H,1-4H3. The molecule has 2 aliphatic rings. The van der Waals surface area contributed by atoms with Gasteiger partial charge in [-0.25, -0.2) is 9.97 Å². The summed E-state index contributed by atoms with van der Waals surface area (Å²) in [5, 5.41) is 0. The second-order valence-corrected chi connectivity index (χ2v) is 21.2. The van der Waals surface area contributed by atoms with Crippen LogP contribution in [0.15, 0.2) is 109 Å². The Bertz CT molecular complexity index is 2910. The lowest BCUT2D eigenvalue weighted by Gasteiger charge is -2.13. The van der Waals surface area contributed by atoms with E-state index in [2.05, 4.69) is 162 Å². The summed E-state index contributed by atoms with van der Waals surface area (Å²) in [4.78, 5) is 18.6. The third-order valence-corrected chi connectivity index (χ3v) is 15.9. The van der Waals surface area contributed by atoms with Gasteiger partial charge in [0, 0.05) is 84.5 Å². The van der Waals surface area contributed by atoms with Crippen LogP contribution in [-0.2, 0) is 0 Å². The molecule has 2 aliphatic heterocycles. The molecular weight excluding hydrogens is 1340 g/mol. The molecule has 0 radical (unpaired) electrons. The third kappa shape index (κ3) is 8.32. The molecule has 0 spiro atoms. The van der Waals surface area contributed by atoms with Gasteiger partial charge in [0.25, 0.3) is 0 Å². The molecular formula is C48H30Br8N4O4. The Kier molecular flexibility index (Phi) is 13.3. The first kappa shape index (κ1) is 45.7. The van der Waals surface area contributed by atoms with Crippen molar-refractivity contribution in [2.24, 2.45) is 0 Å². The molecule has 0 fully saturated rings. The number of hydrogen-bond donors (Lipinski definition) is 2. The van der Waals surface area contributed by atoms with E-state index in [4.69, 9.17) is 28.9 Å².